The number of hydrogen-bond donors (Lipinski definition) is 0. The van der Waals surface area contributed by atoms with Gasteiger partial charge in [-0.2, -0.15) is 0 Å². The highest BCUT2D eigenvalue weighted by atomic mass is 16.5. The van der Waals surface area contributed by atoms with Crippen molar-refractivity contribution < 1.29 is 4.74 Å². The predicted molar refractivity (Wildman–Crippen MR) is 53.5 cm³/mol. The highest BCUT2D eigenvalue weighted by molar-refractivity contribution is 5.87. The molecule has 2 heteroatoms. The molecule has 12 heavy (non-hydrogen) atoms. The number of rotatable bonds is 6. The van der Waals surface area contributed by atoms with E-state index in [1.165, 1.54) is 12.8 Å². The van der Waals surface area contributed by atoms with Crippen LogP contribution in [0.15, 0.2) is 12.7 Å². The Morgan fingerprint density at radius 3 is 2.58 bits per heavy atom. The molecule has 0 N–H and O–H groups in total. The number of allylic oxidation sites excluding steroid dienone is 1. The molecule has 0 fully saturated rings. The van der Waals surface area contributed by atoms with Crippen LogP contribution < -0.4 is 0 Å². The summed E-state index contributed by atoms with van der Waals surface area (Å²) in [5.41, 5.74) is 0.714. The van der Waals surface area contributed by atoms with E-state index in [4.69, 9.17) is 0 Å². The van der Waals surface area contributed by atoms with Crippen LogP contribution >= 0.6 is 0 Å². The van der Waals surface area contributed by atoms with Crippen molar-refractivity contribution in [3.63, 3.8) is 0 Å². The topological polar surface area (TPSA) is 26.1 Å². The first kappa shape index (κ1) is 11.2. The molecular formula is C10H19NO. The lowest BCUT2D eigenvalue weighted by molar-refractivity contribution is -0.458. The van der Waals surface area contributed by atoms with Crippen LogP contribution in [0.2, 0.25) is 0 Å². The summed E-state index contributed by atoms with van der Waals surface area (Å²) in [6.45, 7) is 8.11. The van der Waals surface area contributed by atoms with Gasteiger partial charge in [-0.3, -0.25) is 0 Å². The third-order valence-electron chi connectivity index (χ3n) is 1.90. The van der Waals surface area contributed by atoms with Gasteiger partial charge < -0.3 is 5.21 Å². The molecule has 0 bridgehead atoms. The van der Waals surface area contributed by atoms with Crippen molar-refractivity contribution >= 4 is 5.71 Å². The van der Waals surface area contributed by atoms with E-state index in [1.807, 2.05) is 0 Å². The minimum absolute atomic E-state index is 0.609. The van der Waals surface area contributed by atoms with Crippen molar-refractivity contribution in [2.75, 3.05) is 6.54 Å². The van der Waals surface area contributed by atoms with Crippen LogP contribution in [0.3, 0.4) is 0 Å². The molecule has 0 aromatic heterocycles. The lowest BCUT2D eigenvalue weighted by atomic mass is 10.2. The van der Waals surface area contributed by atoms with Gasteiger partial charge in [0, 0.05) is 13.3 Å². The van der Waals surface area contributed by atoms with Crippen molar-refractivity contribution in [1.82, 2.24) is 0 Å². The molecule has 0 rings (SSSR count). The van der Waals surface area contributed by atoms with Crippen molar-refractivity contribution in [2.24, 2.45) is 0 Å². The van der Waals surface area contributed by atoms with E-state index in [2.05, 4.69) is 13.5 Å². The van der Waals surface area contributed by atoms with Crippen LogP contribution in [-0.4, -0.2) is 17.0 Å². The molecule has 0 spiro atoms. The largest absolute Gasteiger partial charge is 0.624 e. The molecule has 0 aliphatic carbocycles. The van der Waals surface area contributed by atoms with Gasteiger partial charge >= 0.3 is 0 Å². The third-order valence-corrected chi connectivity index (χ3v) is 1.90. The highest BCUT2D eigenvalue weighted by Crippen LogP contribution is 1.98. The number of hydrogen-bond acceptors (Lipinski definition) is 1. The maximum atomic E-state index is 11.1. The molecule has 0 heterocycles. The zero-order valence-electron chi connectivity index (χ0n) is 8.18. The van der Waals surface area contributed by atoms with Gasteiger partial charge in [0.2, 0.25) is 0 Å². The second-order valence-corrected chi connectivity index (χ2v) is 3.01. The summed E-state index contributed by atoms with van der Waals surface area (Å²) in [6, 6.07) is 0. The first-order chi connectivity index (χ1) is 5.72. The molecule has 0 saturated heterocycles. The van der Waals surface area contributed by atoms with Gasteiger partial charge in [-0.25, -0.2) is 4.74 Å². The molecule has 0 aromatic carbocycles. The average Bonchev–Trinajstić information content (AvgIpc) is 2.10. The van der Waals surface area contributed by atoms with Crippen molar-refractivity contribution in [3.8, 4) is 0 Å². The van der Waals surface area contributed by atoms with E-state index in [1.54, 1.807) is 13.0 Å². The van der Waals surface area contributed by atoms with Crippen LogP contribution in [0.1, 0.15) is 39.5 Å². The fourth-order valence-corrected chi connectivity index (χ4v) is 0.960. The van der Waals surface area contributed by atoms with Gasteiger partial charge in [0.1, 0.15) is 0 Å². The van der Waals surface area contributed by atoms with Gasteiger partial charge in [-0.1, -0.05) is 26.3 Å². The molecule has 2 nitrogen and oxygen atoms in total. The van der Waals surface area contributed by atoms with E-state index >= 15 is 0 Å². The van der Waals surface area contributed by atoms with Crippen LogP contribution in [0.5, 0.6) is 0 Å². The Hall–Kier alpha value is -0.790. The van der Waals surface area contributed by atoms with Gasteiger partial charge in [-0.15, -0.1) is 0 Å². The molecule has 0 aliphatic rings. The summed E-state index contributed by atoms with van der Waals surface area (Å²) in [5.74, 6) is 0. The fraction of sp³-hybridized carbons (Fsp3) is 0.700. The number of hydroxylamine groups is 1. The van der Waals surface area contributed by atoms with Gasteiger partial charge in [0.15, 0.2) is 12.3 Å². The predicted octanol–water partition coefficient (Wildman–Crippen LogP) is 2.72. The monoisotopic (exact) mass is 169 g/mol. The van der Waals surface area contributed by atoms with Gasteiger partial charge in [0.05, 0.1) is 0 Å². The summed E-state index contributed by atoms with van der Waals surface area (Å²) < 4.78 is 1.02. The average molecular weight is 169 g/mol. The molecule has 0 amide bonds. The van der Waals surface area contributed by atoms with E-state index in [9.17, 15) is 5.21 Å². The summed E-state index contributed by atoms with van der Waals surface area (Å²) in [6.07, 6.45) is 6.18. The van der Waals surface area contributed by atoms with E-state index in [0.29, 0.717) is 12.3 Å². The third kappa shape index (κ3) is 4.94. The molecular weight excluding hydrogens is 150 g/mol. The maximum Gasteiger partial charge on any atom is 0.183 e. The van der Waals surface area contributed by atoms with Crippen LogP contribution in [0.4, 0.5) is 0 Å². The summed E-state index contributed by atoms with van der Waals surface area (Å²) >= 11 is 0. The number of nitrogens with zero attached hydrogens (tertiary/aromatic N) is 1. The van der Waals surface area contributed by atoms with Crippen LogP contribution in [-0.2, 0) is 0 Å². The summed E-state index contributed by atoms with van der Waals surface area (Å²) in [4.78, 5) is 0. The quantitative estimate of drug-likeness (QED) is 0.197. The van der Waals surface area contributed by atoms with Crippen molar-refractivity contribution in [1.29, 1.82) is 0 Å². The Morgan fingerprint density at radius 1 is 1.42 bits per heavy atom. The van der Waals surface area contributed by atoms with Gasteiger partial charge in [-0.05, 0) is 12.5 Å². The van der Waals surface area contributed by atoms with E-state index in [-0.39, 0.29) is 0 Å². The zero-order valence-corrected chi connectivity index (χ0v) is 8.18. The molecule has 0 atom stereocenters. The van der Waals surface area contributed by atoms with E-state index in [0.717, 1.165) is 17.6 Å². The highest BCUT2D eigenvalue weighted by Gasteiger charge is 1.97. The second kappa shape index (κ2) is 6.89. The molecule has 0 radical (unpaired) electrons. The molecule has 0 aromatic rings. The lowest BCUT2D eigenvalue weighted by Crippen LogP contribution is -2.12. The maximum absolute atomic E-state index is 11.1. The first-order valence-corrected chi connectivity index (χ1v) is 4.63. The zero-order chi connectivity index (χ0) is 9.40. The van der Waals surface area contributed by atoms with E-state index < -0.39 is 0 Å². The Bertz CT molecular complexity index is 161. The van der Waals surface area contributed by atoms with Crippen molar-refractivity contribution in [3.05, 3.63) is 17.9 Å². The molecule has 0 unspecified atom stereocenters. The first-order valence-electron chi connectivity index (χ1n) is 4.63. The lowest BCUT2D eigenvalue weighted by Gasteiger charge is -2.05. The number of unbranched alkanes of at least 4 members (excludes halogenated alkanes) is 3. The smallest absolute Gasteiger partial charge is 0.183 e. The minimum Gasteiger partial charge on any atom is -0.624 e. The standard InChI is InChI=1S/C10H19NO/c1-4-6-7-8-9-11(12)10(3)5-2/h5H,2,4,6-9H2,1,3H3/b11-10-. The van der Waals surface area contributed by atoms with Crippen molar-refractivity contribution in [2.45, 2.75) is 39.5 Å². The Morgan fingerprint density at radius 2 is 2.08 bits per heavy atom. The summed E-state index contributed by atoms with van der Waals surface area (Å²) in [7, 11) is 0. The Kier molecular flexibility index (Phi) is 6.44. The fourth-order valence-electron chi connectivity index (χ4n) is 0.960. The Balaban J connectivity index is 3.56. The molecule has 70 valence electrons. The molecule has 0 saturated carbocycles. The van der Waals surface area contributed by atoms with Crippen LogP contribution in [0, 0.1) is 5.21 Å². The minimum atomic E-state index is 0.609. The second-order valence-electron chi connectivity index (χ2n) is 3.01. The van der Waals surface area contributed by atoms with Crippen LogP contribution in [0.25, 0.3) is 0 Å². The Labute approximate surface area is 75.2 Å². The SMILES string of the molecule is C=C/C(C)=[N+](\[O-])CCCCCC. The summed E-state index contributed by atoms with van der Waals surface area (Å²) in [5, 5.41) is 11.1. The normalized spacial score (nSPS) is 12.5. The van der Waals surface area contributed by atoms with Gasteiger partial charge in [0.25, 0.3) is 0 Å². The molecule has 0 aliphatic heterocycles.